The SMILES string of the molecule is COc1cnn(C(C)C)c1C1(O)CC(C)(C)OC1(C)C. The van der Waals surface area contributed by atoms with Crippen LogP contribution < -0.4 is 4.74 Å². The first-order valence-corrected chi connectivity index (χ1v) is 7.08. The van der Waals surface area contributed by atoms with Crippen LogP contribution in [0.15, 0.2) is 6.20 Å². The molecule has 0 amide bonds. The van der Waals surface area contributed by atoms with Crippen LogP contribution in [-0.2, 0) is 10.3 Å². The maximum Gasteiger partial charge on any atom is 0.163 e. The van der Waals surface area contributed by atoms with E-state index in [2.05, 4.69) is 5.10 Å². The molecular formula is C15H26N2O3. The van der Waals surface area contributed by atoms with Gasteiger partial charge in [-0.1, -0.05) is 0 Å². The van der Waals surface area contributed by atoms with Gasteiger partial charge in [0.2, 0.25) is 0 Å². The van der Waals surface area contributed by atoms with Crippen molar-refractivity contribution in [3.05, 3.63) is 11.9 Å². The Morgan fingerprint density at radius 1 is 1.35 bits per heavy atom. The highest BCUT2D eigenvalue weighted by molar-refractivity contribution is 5.35. The Morgan fingerprint density at radius 3 is 2.35 bits per heavy atom. The molecule has 1 saturated heterocycles. The Balaban J connectivity index is 2.63. The molecule has 5 heteroatoms. The maximum atomic E-state index is 11.4. The second-order valence-corrected chi connectivity index (χ2v) is 7.01. The minimum atomic E-state index is -1.14. The van der Waals surface area contributed by atoms with Gasteiger partial charge in [-0.3, -0.25) is 4.68 Å². The van der Waals surface area contributed by atoms with Gasteiger partial charge in [0, 0.05) is 12.5 Å². The van der Waals surface area contributed by atoms with Crippen LogP contribution in [0.1, 0.15) is 59.7 Å². The number of rotatable bonds is 3. The molecule has 1 N–H and O–H groups in total. The van der Waals surface area contributed by atoms with Crippen molar-refractivity contribution in [2.24, 2.45) is 0 Å². The van der Waals surface area contributed by atoms with E-state index in [1.165, 1.54) is 0 Å². The van der Waals surface area contributed by atoms with Crippen LogP contribution in [0.3, 0.4) is 0 Å². The average Bonchev–Trinajstić information content (AvgIpc) is 2.75. The molecule has 1 atom stereocenters. The topological polar surface area (TPSA) is 56.5 Å². The van der Waals surface area contributed by atoms with E-state index in [1.54, 1.807) is 13.3 Å². The zero-order chi connectivity index (χ0) is 15.3. The van der Waals surface area contributed by atoms with Gasteiger partial charge in [-0.25, -0.2) is 0 Å². The Labute approximate surface area is 120 Å². The summed E-state index contributed by atoms with van der Waals surface area (Å²) in [4.78, 5) is 0. The molecule has 0 aliphatic carbocycles. The summed E-state index contributed by atoms with van der Waals surface area (Å²) in [6.45, 7) is 11.9. The molecule has 0 radical (unpaired) electrons. The van der Waals surface area contributed by atoms with Gasteiger partial charge in [0.05, 0.1) is 24.5 Å². The van der Waals surface area contributed by atoms with Crippen molar-refractivity contribution >= 4 is 0 Å². The van der Waals surface area contributed by atoms with Crippen LogP contribution in [-0.4, -0.2) is 33.2 Å². The summed E-state index contributed by atoms with van der Waals surface area (Å²) in [6, 6.07) is 0.137. The van der Waals surface area contributed by atoms with Gasteiger partial charge in [-0.05, 0) is 41.5 Å². The van der Waals surface area contributed by atoms with Crippen molar-refractivity contribution in [1.29, 1.82) is 0 Å². The fraction of sp³-hybridized carbons (Fsp3) is 0.800. The molecule has 0 bridgehead atoms. The van der Waals surface area contributed by atoms with Crippen LogP contribution in [0.25, 0.3) is 0 Å². The molecule has 20 heavy (non-hydrogen) atoms. The monoisotopic (exact) mass is 282 g/mol. The minimum Gasteiger partial charge on any atom is -0.493 e. The van der Waals surface area contributed by atoms with Gasteiger partial charge in [0.1, 0.15) is 11.3 Å². The third-order valence-electron chi connectivity index (χ3n) is 4.07. The summed E-state index contributed by atoms with van der Waals surface area (Å²) in [5.74, 6) is 0.607. The van der Waals surface area contributed by atoms with Crippen molar-refractivity contribution < 1.29 is 14.6 Å². The van der Waals surface area contributed by atoms with E-state index in [-0.39, 0.29) is 6.04 Å². The van der Waals surface area contributed by atoms with Gasteiger partial charge in [0.25, 0.3) is 0 Å². The van der Waals surface area contributed by atoms with Gasteiger partial charge in [0.15, 0.2) is 5.75 Å². The van der Waals surface area contributed by atoms with E-state index in [1.807, 2.05) is 46.2 Å². The van der Waals surface area contributed by atoms with E-state index >= 15 is 0 Å². The first-order chi connectivity index (χ1) is 9.04. The van der Waals surface area contributed by atoms with Crippen molar-refractivity contribution in [2.75, 3.05) is 7.11 Å². The highest BCUT2D eigenvalue weighted by Gasteiger charge is 2.60. The quantitative estimate of drug-likeness (QED) is 0.926. The molecule has 1 aliphatic rings. The first-order valence-electron chi connectivity index (χ1n) is 7.08. The number of aliphatic hydroxyl groups is 1. The summed E-state index contributed by atoms with van der Waals surface area (Å²) < 4.78 is 13.3. The third-order valence-corrected chi connectivity index (χ3v) is 4.07. The summed E-state index contributed by atoms with van der Waals surface area (Å²) in [5, 5.41) is 15.8. The standard InChI is InChI=1S/C15H26N2O3/c1-10(2)17-12(11(19-7)8-16-17)15(18)9-13(3,4)20-14(15,5)6/h8,10,18H,9H2,1-7H3. The third kappa shape index (κ3) is 2.13. The van der Waals surface area contributed by atoms with Gasteiger partial charge in [-0.15, -0.1) is 0 Å². The van der Waals surface area contributed by atoms with Crippen molar-refractivity contribution in [3.8, 4) is 5.75 Å². The van der Waals surface area contributed by atoms with E-state index in [0.29, 0.717) is 17.9 Å². The predicted octanol–water partition coefficient (Wildman–Crippen LogP) is 2.64. The van der Waals surface area contributed by atoms with Crippen molar-refractivity contribution in [1.82, 2.24) is 9.78 Å². The van der Waals surface area contributed by atoms with Crippen LogP contribution in [0.4, 0.5) is 0 Å². The number of hydrogen-bond acceptors (Lipinski definition) is 4. The Hall–Kier alpha value is -1.07. The van der Waals surface area contributed by atoms with Crippen LogP contribution in [0.5, 0.6) is 5.75 Å². The number of hydrogen-bond donors (Lipinski definition) is 1. The normalized spacial score (nSPS) is 28.1. The lowest BCUT2D eigenvalue weighted by Crippen LogP contribution is -2.45. The smallest absolute Gasteiger partial charge is 0.163 e. The molecule has 0 saturated carbocycles. The summed E-state index contributed by atoms with van der Waals surface area (Å²) in [7, 11) is 1.60. The lowest BCUT2D eigenvalue weighted by atomic mass is 9.79. The molecule has 2 rings (SSSR count). The Bertz CT molecular complexity index is 505. The van der Waals surface area contributed by atoms with Crippen LogP contribution in [0.2, 0.25) is 0 Å². The molecular weight excluding hydrogens is 256 g/mol. The largest absolute Gasteiger partial charge is 0.493 e. The summed E-state index contributed by atoms with van der Waals surface area (Å²) in [5.41, 5.74) is -1.54. The predicted molar refractivity (Wildman–Crippen MR) is 76.9 cm³/mol. The number of aromatic nitrogens is 2. The molecule has 1 fully saturated rings. The van der Waals surface area contributed by atoms with Gasteiger partial charge < -0.3 is 14.6 Å². The molecule has 2 heterocycles. The van der Waals surface area contributed by atoms with E-state index in [0.717, 1.165) is 0 Å². The zero-order valence-electron chi connectivity index (χ0n) is 13.5. The van der Waals surface area contributed by atoms with E-state index < -0.39 is 16.8 Å². The molecule has 5 nitrogen and oxygen atoms in total. The van der Waals surface area contributed by atoms with Crippen molar-refractivity contribution in [3.63, 3.8) is 0 Å². The maximum absolute atomic E-state index is 11.4. The lowest BCUT2D eigenvalue weighted by molar-refractivity contribution is -0.133. The van der Waals surface area contributed by atoms with E-state index in [4.69, 9.17) is 9.47 Å². The van der Waals surface area contributed by atoms with Gasteiger partial charge in [-0.2, -0.15) is 5.10 Å². The molecule has 1 unspecified atom stereocenters. The van der Waals surface area contributed by atoms with Crippen LogP contribution in [0, 0.1) is 0 Å². The molecule has 1 aromatic heterocycles. The second-order valence-electron chi connectivity index (χ2n) is 7.01. The Morgan fingerprint density at radius 2 is 1.95 bits per heavy atom. The fourth-order valence-electron chi connectivity index (χ4n) is 3.29. The molecule has 1 aliphatic heterocycles. The zero-order valence-corrected chi connectivity index (χ0v) is 13.5. The highest BCUT2D eigenvalue weighted by atomic mass is 16.6. The van der Waals surface area contributed by atoms with E-state index in [9.17, 15) is 5.11 Å². The summed E-state index contributed by atoms with van der Waals surface area (Å²) in [6.07, 6.45) is 2.16. The van der Waals surface area contributed by atoms with Crippen LogP contribution >= 0.6 is 0 Å². The Kier molecular flexibility index (Phi) is 3.42. The highest BCUT2D eigenvalue weighted by Crippen LogP contribution is 2.53. The number of methoxy groups -OCH3 is 1. The average molecular weight is 282 g/mol. The van der Waals surface area contributed by atoms with Gasteiger partial charge >= 0.3 is 0 Å². The number of ether oxygens (including phenoxy) is 2. The molecule has 114 valence electrons. The first kappa shape index (κ1) is 15.3. The fourth-order valence-corrected chi connectivity index (χ4v) is 3.29. The van der Waals surface area contributed by atoms with Crippen molar-refractivity contribution in [2.45, 2.75) is 70.8 Å². The molecule has 1 aromatic rings. The lowest BCUT2D eigenvalue weighted by Gasteiger charge is -2.36. The second kappa shape index (κ2) is 4.46. The summed E-state index contributed by atoms with van der Waals surface area (Å²) >= 11 is 0. The minimum absolute atomic E-state index is 0.137. The molecule has 0 aromatic carbocycles. The molecule has 0 spiro atoms. The number of nitrogens with zero attached hydrogens (tertiary/aromatic N) is 2.